The molecule has 2 rings (SSSR count). The third-order valence-electron chi connectivity index (χ3n) is 2.75. The fourth-order valence-corrected chi connectivity index (χ4v) is 2.79. The predicted octanol–water partition coefficient (Wildman–Crippen LogP) is 4.21. The Labute approximate surface area is 111 Å². The van der Waals surface area contributed by atoms with Gasteiger partial charge in [-0.25, -0.2) is 4.39 Å². The van der Waals surface area contributed by atoms with Gasteiger partial charge in [-0.15, -0.1) is 11.3 Å². The van der Waals surface area contributed by atoms with Crippen molar-refractivity contribution in [2.45, 2.75) is 12.2 Å². The lowest BCUT2D eigenvalue weighted by molar-refractivity contribution is -0.138. The number of hydrogen-bond acceptors (Lipinski definition) is 2. The maximum atomic E-state index is 13.3. The van der Waals surface area contributed by atoms with Crippen LogP contribution < -0.4 is 5.32 Å². The van der Waals surface area contributed by atoms with Crippen molar-refractivity contribution in [2.24, 2.45) is 0 Å². The number of thiophene rings is 1. The second kappa shape index (κ2) is 5.30. The third kappa shape index (κ3) is 2.96. The molecule has 0 saturated heterocycles. The minimum atomic E-state index is -4.50. The first kappa shape index (κ1) is 14.0. The van der Waals surface area contributed by atoms with Gasteiger partial charge in [0.1, 0.15) is 5.82 Å². The van der Waals surface area contributed by atoms with Crippen molar-refractivity contribution in [1.29, 1.82) is 0 Å². The molecule has 0 fully saturated rings. The molecule has 0 radical (unpaired) electrons. The molecule has 1 aromatic heterocycles. The number of alkyl halides is 3. The van der Waals surface area contributed by atoms with E-state index < -0.39 is 23.6 Å². The molecule has 0 bridgehead atoms. The van der Waals surface area contributed by atoms with Gasteiger partial charge in [-0.2, -0.15) is 13.2 Å². The Hall–Kier alpha value is -1.40. The van der Waals surface area contributed by atoms with Gasteiger partial charge in [0, 0.05) is 4.88 Å². The molecule has 6 heteroatoms. The van der Waals surface area contributed by atoms with Crippen molar-refractivity contribution in [2.75, 3.05) is 7.05 Å². The van der Waals surface area contributed by atoms with Crippen molar-refractivity contribution < 1.29 is 17.6 Å². The Balaban J connectivity index is 2.56. The van der Waals surface area contributed by atoms with Crippen LogP contribution in [-0.2, 0) is 6.18 Å². The summed E-state index contributed by atoms with van der Waals surface area (Å²) in [5, 5.41) is 4.57. The maximum Gasteiger partial charge on any atom is 0.416 e. The highest BCUT2D eigenvalue weighted by Gasteiger charge is 2.35. The summed E-state index contributed by atoms with van der Waals surface area (Å²) in [5.74, 6) is -0.681. The Kier molecular flexibility index (Phi) is 3.91. The van der Waals surface area contributed by atoms with E-state index in [9.17, 15) is 17.6 Å². The van der Waals surface area contributed by atoms with Crippen LogP contribution >= 0.6 is 11.3 Å². The summed E-state index contributed by atoms with van der Waals surface area (Å²) >= 11 is 1.32. The summed E-state index contributed by atoms with van der Waals surface area (Å²) in [6.07, 6.45) is -4.50. The zero-order valence-electron chi connectivity index (χ0n) is 9.96. The second-order valence-corrected chi connectivity index (χ2v) is 4.95. The van der Waals surface area contributed by atoms with Gasteiger partial charge in [0.05, 0.1) is 11.6 Å². The molecule has 2 aromatic rings. The monoisotopic (exact) mass is 289 g/mol. The van der Waals surface area contributed by atoms with Crippen LogP contribution in [0.1, 0.15) is 22.0 Å². The number of halogens is 4. The lowest BCUT2D eigenvalue weighted by Gasteiger charge is -2.20. The summed E-state index contributed by atoms with van der Waals surface area (Å²) in [5.41, 5.74) is -0.917. The van der Waals surface area contributed by atoms with Gasteiger partial charge in [-0.05, 0) is 42.3 Å². The van der Waals surface area contributed by atoms with Crippen molar-refractivity contribution >= 4 is 11.3 Å². The molecular weight excluding hydrogens is 278 g/mol. The molecule has 0 aliphatic heterocycles. The van der Waals surface area contributed by atoms with Crippen LogP contribution in [0.5, 0.6) is 0 Å². The molecule has 102 valence electrons. The van der Waals surface area contributed by atoms with Crippen molar-refractivity contribution in [1.82, 2.24) is 5.32 Å². The van der Waals surface area contributed by atoms with Crippen molar-refractivity contribution in [3.05, 3.63) is 57.5 Å². The molecular formula is C13H11F4NS. The van der Waals surface area contributed by atoms with E-state index >= 15 is 0 Å². The predicted molar refractivity (Wildman–Crippen MR) is 66.6 cm³/mol. The van der Waals surface area contributed by atoms with Gasteiger partial charge < -0.3 is 5.32 Å². The number of nitrogens with one attached hydrogen (secondary N) is 1. The van der Waals surface area contributed by atoms with E-state index in [1.165, 1.54) is 11.3 Å². The molecule has 19 heavy (non-hydrogen) atoms. The first-order valence-corrected chi connectivity index (χ1v) is 6.38. The van der Waals surface area contributed by atoms with Gasteiger partial charge in [0.25, 0.3) is 0 Å². The number of hydrogen-bond donors (Lipinski definition) is 1. The van der Waals surface area contributed by atoms with E-state index in [-0.39, 0.29) is 5.56 Å². The number of benzene rings is 1. The van der Waals surface area contributed by atoms with Gasteiger partial charge in [-0.1, -0.05) is 6.07 Å². The molecule has 0 aliphatic carbocycles. The van der Waals surface area contributed by atoms with E-state index in [4.69, 9.17) is 0 Å². The summed E-state index contributed by atoms with van der Waals surface area (Å²) in [6.45, 7) is 0. The minimum absolute atomic E-state index is 0.0996. The molecule has 1 aromatic carbocycles. The zero-order valence-corrected chi connectivity index (χ0v) is 10.8. The lowest BCUT2D eigenvalue weighted by Crippen LogP contribution is -2.21. The van der Waals surface area contributed by atoms with E-state index in [0.29, 0.717) is 4.88 Å². The summed E-state index contributed by atoms with van der Waals surface area (Å²) in [6, 6.07) is 5.33. The smallest absolute Gasteiger partial charge is 0.309 e. The highest BCUT2D eigenvalue weighted by atomic mass is 32.1. The Morgan fingerprint density at radius 2 is 1.95 bits per heavy atom. The molecule has 1 heterocycles. The Bertz CT molecular complexity index is 548. The summed E-state index contributed by atoms with van der Waals surface area (Å²) in [4.78, 5) is 0.707. The third-order valence-corrected chi connectivity index (χ3v) is 3.68. The van der Waals surface area contributed by atoms with Crippen LogP contribution in [0.3, 0.4) is 0 Å². The molecule has 0 amide bonds. The standard InChI is InChI=1S/C13H11F4NS/c1-18-12(11-3-2-6-19-11)9-7-8(14)4-5-10(9)13(15,16)17/h2-7,12,18H,1H3. The largest absolute Gasteiger partial charge is 0.416 e. The zero-order chi connectivity index (χ0) is 14.0. The average Bonchev–Trinajstić information content (AvgIpc) is 2.82. The Morgan fingerprint density at radius 3 is 2.47 bits per heavy atom. The fraction of sp³-hybridized carbons (Fsp3) is 0.231. The van der Waals surface area contributed by atoms with Gasteiger partial charge in [-0.3, -0.25) is 0 Å². The van der Waals surface area contributed by atoms with E-state index in [2.05, 4.69) is 5.32 Å². The molecule has 1 N–H and O–H groups in total. The van der Waals surface area contributed by atoms with Gasteiger partial charge >= 0.3 is 6.18 Å². The maximum absolute atomic E-state index is 13.3. The van der Waals surface area contributed by atoms with Crippen LogP contribution in [-0.4, -0.2) is 7.05 Å². The van der Waals surface area contributed by atoms with Gasteiger partial charge in [0.15, 0.2) is 0 Å². The molecule has 0 saturated carbocycles. The highest BCUT2D eigenvalue weighted by molar-refractivity contribution is 7.10. The molecule has 0 spiro atoms. The molecule has 0 aliphatic rings. The van der Waals surface area contributed by atoms with Crippen molar-refractivity contribution in [3.63, 3.8) is 0 Å². The van der Waals surface area contributed by atoms with Crippen LogP contribution in [0.4, 0.5) is 17.6 Å². The number of rotatable bonds is 3. The highest BCUT2D eigenvalue weighted by Crippen LogP contribution is 2.37. The minimum Gasteiger partial charge on any atom is -0.309 e. The first-order chi connectivity index (χ1) is 8.93. The van der Waals surface area contributed by atoms with E-state index in [1.807, 2.05) is 0 Å². The molecule has 1 atom stereocenters. The molecule has 1 nitrogen and oxygen atoms in total. The topological polar surface area (TPSA) is 12.0 Å². The second-order valence-electron chi connectivity index (χ2n) is 3.97. The summed E-state index contributed by atoms with van der Waals surface area (Å²) in [7, 11) is 1.55. The SMILES string of the molecule is CNC(c1cccs1)c1cc(F)ccc1C(F)(F)F. The lowest BCUT2D eigenvalue weighted by atomic mass is 9.98. The molecule has 1 unspecified atom stereocenters. The van der Waals surface area contributed by atoms with E-state index in [0.717, 1.165) is 18.2 Å². The van der Waals surface area contributed by atoms with Crippen LogP contribution in [0.25, 0.3) is 0 Å². The summed E-state index contributed by atoms with van der Waals surface area (Å²) < 4.78 is 52.2. The average molecular weight is 289 g/mol. The van der Waals surface area contributed by atoms with E-state index in [1.54, 1.807) is 24.6 Å². The van der Waals surface area contributed by atoms with Crippen LogP contribution in [0.2, 0.25) is 0 Å². The normalized spacial score (nSPS) is 13.5. The fourth-order valence-electron chi connectivity index (χ4n) is 1.94. The quantitative estimate of drug-likeness (QED) is 0.834. The van der Waals surface area contributed by atoms with Crippen LogP contribution in [0, 0.1) is 5.82 Å². The Morgan fingerprint density at radius 1 is 1.21 bits per heavy atom. The van der Waals surface area contributed by atoms with Gasteiger partial charge in [0.2, 0.25) is 0 Å². The van der Waals surface area contributed by atoms with Crippen LogP contribution in [0.15, 0.2) is 35.7 Å². The van der Waals surface area contributed by atoms with Crippen molar-refractivity contribution in [3.8, 4) is 0 Å². The first-order valence-electron chi connectivity index (χ1n) is 5.51.